The Hall–Kier alpha value is -0.220. The van der Waals surface area contributed by atoms with E-state index in [-0.39, 0.29) is 5.41 Å². The number of thioether (sulfide) groups is 1. The number of aliphatic carboxylic acids is 1. The molecule has 0 aromatic rings. The predicted molar refractivity (Wildman–Crippen MR) is 60.2 cm³/mol. The summed E-state index contributed by atoms with van der Waals surface area (Å²) in [7, 11) is 0. The average molecular weight is 230 g/mol. The van der Waals surface area contributed by atoms with Gasteiger partial charge in [0.2, 0.25) is 0 Å². The van der Waals surface area contributed by atoms with E-state index in [0.29, 0.717) is 17.8 Å². The van der Waals surface area contributed by atoms with Crippen LogP contribution in [-0.2, 0) is 9.53 Å². The summed E-state index contributed by atoms with van der Waals surface area (Å²) in [6, 6.07) is 0. The number of rotatable bonds is 5. The van der Waals surface area contributed by atoms with Gasteiger partial charge in [0.05, 0.1) is 12.5 Å². The molecule has 2 fully saturated rings. The molecule has 1 saturated carbocycles. The van der Waals surface area contributed by atoms with Crippen molar-refractivity contribution in [1.29, 1.82) is 0 Å². The van der Waals surface area contributed by atoms with Gasteiger partial charge in [0.15, 0.2) is 0 Å². The van der Waals surface area contributed by atoms with Gasteiger partial charge in [0, 0.05) is 11.9 Å². The highest BCUT2D eigenvalue weighted by Crippen LogP contribution is 2.52. The Balaban J connectivity index is 1.75. The van der Waals surface area contributed by atoms with Crippen LogP contribution in [-0.4, -0.2) is 34.8 Å². The van der Waals surface area contributed by atoms with Gasteiger partial charge in [0.1, 0.15) is 0 Å². The maximum absolute atomic E-state index is 10.7. The summed E-state index contributed by atoms with van der Waals surface area (Å²) in [5.41, 5.74) is 0.124. The van der Waals surface area contributed by atoms with Gasteiger partial charge in [0.25, 0.3) is 0 Å². The Bertz CT molecular complexity index is 250. The molecule has 1 aliphatic heterocycles. The standard InChI is InChI=1S/C11H18O3S/c1-8-9(2-5-14-8)15-7-11(3-4-11)6-10(12)13/h8-9H,2-7H2,1H3,(H,12,13). The fourth-order valence-electron chi connectivity index (χ4n) is 2.08. The molecule has 0 aromatic heterocycles. The lowest BCUT2D eigenvalue weighted by atomic mass is 10.1. The zero-order valence-corrected chi connectivity index (χ0v) is 9.89. The minimum atomic E-state index is -0.649. The molecule has 0 radical (unpaired) electrons. The summed E-state index contributed by atoms with van der Waals surface area (Å²) in [5.74, 6) is 0.348. The maximum Gasteiger partial charge on any atom is 0.303 e. The maximum atomic E-state index is 10.7. The monoisotopic (exact) mass is 230 g/mol. The van der Waals surface area contributed by atoms with Crippen molar-refractivity contribution in [1.82, 2.24) is 0 Å². The smallest absolute Gasteiger partial charge is 0.303 e. The molecule has 86 valence electrons. The molecule has 15 heavy (non-hydrogen) atoms. The van der Waals surface area contributed by atoms with E-state index >= 15 is 0 Å². The van der Waals surface area contributed by atoms with Crippen molar-refractivity contribution in [2.24, 2.45) is 5.41 Å². The first-order valence-electron chi connectivity index (χ1n) is 5.56. The molecule has 2 aliphatic rings. The molecule has 0 amide bonds. The van der Waals surface area contributed by atoms with Crippen LogP contribution in [0.5, 0.6) is 0 Å². The zero-order chi connectivity index (χ0) is 10.9. The Morgan fingerprint density at radius 2 is 2.33 bits per heavy atom. The molecule has 2 atom stereocenters. The number of hydrogen-bond acceptors (Lipinski definition) is 3. The molecular formula is C11H18O3S. The van der Waals surface area contributed by atoms with E-state index in [1.165, 1.54) is 0 Å². The van der Waals surface area contributed by atoms with Crippen LogP contribution in [0, 0.1) is 5.41 Å². The molecule has 0 bridgehead atoms. The van der Waals surface area contributed by atoms with Gasteiger partial charge in [-0.3, -0.25) is 4.79 Å². The highest BCUT2D eigenvalue weighted by molar-refractivity contribution is 8.00. The van der Waals surface area contributed by atoms with E-state index in [9.17, 15) is 4.79 Å². The molecule has 2 rings (SSSR count). The third-order valence-corrected chi connectivity index (χ3v) is 5.22. The van der Waals surface area contributed by atoms with E-state index in [1.54, 1.807) is 0 Å². The lowest BCUT2D eigenvalue weighted by molar-refractivity contribution is -0.138. The predicted octanol–water partition coefficient (Wildman–Crippen LogP) is 2.15. The van der Waals surface area contributed by atoms with Crippen molar-refractivity contribution in [3.8, 4) is 0 Å². The SMILES string of the molecule is CC1OCCC1SCC1(CC(=O)O)CC1. The third-order valence-electron chi connectivity index (χ3n) is 3.39. The van der Waals surface area contributed by atoms with Gasteiger partial charge in [-0.05, 0) is 37.4 Å². The van der Waals surface area contributed by atoms with Crippen LogP contribution in [0.15, 0.2) is 0 Å². The van der Waals surface area contributed by atoms with Gasteiger partial charge in [-0.1, -0.05) is 0 Å². The minimum Gasteiger partial charge on any atom is -0.481 e. The Morgan fingerprint density at radius 3 is 2.80 bits per heavy atom. The lowest BCUT2D eigenvalue weighted by Crippen LogP contribution is -2.18. The zero-order valence-electron chi connectivity index (χ0n) is 9.07. The van der Waals surface area contributed by atoms with E-state index in [1.807, 2.05) is 11.8 Å². The molecule has 2 unspecified atom stereocenters. The molecule has 1 aliphatic carbocycles. The van der Waals surface area contributed by atoms with Gasteiger partial charge < -0.3 is 9.84 Å². The van der Waals surface area contributed by atoms with Crippen molar-refractivity contribution in [3.63, 3.8) is 0 Å². The summed E-state index contributed by atoms with van der Waals surface area (Å²) in [4.78, 5) is 10.7. The van der Waals surface area contributed by atoms with Crippen LogP contribution in [0.2, 0.25) is 0 Å². The molecule has 1 N–H and O–H groups in total. The highest BCUT2D eigenvalue weighted by atomic mass is 32.2. The minimum absolute atomic E-state index is 0.124. The largest absolute Gasteiger partial charge is 0.481 e. The van der Waals surface area contributed by atoms with Crippen molar-refractivity contribution in [2.45, 2.75) is 44.0 Å². The van der Waals surface area contributed by atoms with Crippen LogP contribution in [0.25, 0.3) is 0 Å². The number of carbonyl (C=O) groups is 1. The van der Waals surface area contributed by atoms with Crippen molar-refractivity contribution >= 4 is 17.7 Å². The number of ether oxygens (including phenoxy) is 1. The summed E-state index contributed by atoms with van der Waals surface area (Å²) < 4.78 is 5.49. The van der Waals surface area contributed by atoms with Crippen LogP contribution in [0.4, 0.5) is 0 Å². The van der Waals surface area contributed by atoms with Crippen LogP contribution in [0.3, 0.4) is 0 Å². The van der Waals surface area contributed by atoms with Gasteiger partial charge in [-0.2, -0.15) is 11.8 Å². The van der Waals surface area contributed by atoms with Gasteiger partial charge in [-0.15, -0.1) is 0 Å². The van der Waals surface area contributed by atoms with Crippen molar-refractivity contribution in [3.05, 3.63) is 0 Å². The normalized spacial score (nSPS) is 32.9. The molecular weight excluding hydrogens is 212 g/mol. The van der Waals surface area contributed by atoms with E-state index < -0.39 is 5.97 Å². The van der Waals surface area contributed by atoms with E-state index in [4.69, 9.17) is 9.84 Å². The summed E-state index contributed by atoms with van der Waals surface area (Å²) >= 11 is 1.92. The number of carboxylic acids is 1. The Kier molecular flexibility index (Phi) is 3.26. The van der Waals surface area contributed by atoms with Crippen molar-refractivity contribution < 1.29 is 14.6 Å². The average Bonchev–Trinajstić information content (AvgIpc) is 2.78. The topological polar surface area (TPSA) is 46.5 Å². The summed E-state index contributed by atoms with van der Waals surface area (Å²) in [6.45, 7) is 2.98. The van der Waals surface area contributed by atoms with E-state index in [2.05, 4.69) is 6.92 Å². The molecule has 1 saturated heterocycles. The Labute approximate surface area is 94.6 Å². The van der Waals surface area contributed by atoms with Crippen molar-refractivity contribution in [2.75, 3.05) is 12.4 Å². The molecule has 4 heteroatoms. The van der Waals surface area contributed by atoms with Crippen LogP contribution < -0.4 is 0 Å². The first-order valence-corrected chi connectivity index (χ1v) is 6.61. The highest BCUT2D eigenvalue weighted by Gasteiger charge is 2.45. The van der Waals surface area contributed by atoms with Crippen LogP contribution in [0.1, 0.15) is 32.6 Å². The summed E-state index contributed by atoms with van der Waals surface area (Å²) in [6.07, 6.45) is 4.00. The number of carboxylic acid groups (broad SMARTS) is 1. The molecule has 1 heterocycles. The quantitative estimate of drug-likeness (QED) is 0.786. The second-order valence-corrected chi connectivity index (χ2v) is 6.01. The van der Waals surface area contributed by atoms with Gasteiger partial charge in [-0.25, -0.2) is 0 Å². The first-order chi connectivity index (χ1) is 7.11. The van der Waals surface area contributed by atoms with E-state index in [0.717, 1.165) is 31.6 Å². The Morgan fingerprint density at radius 1 is 1.60 bits per heavy atom. The number of hydrogen-bond donors (Lipinski definition) is 1. The lowest BCUT2D eigenvalue weighted by Gasteiger charge is -2.17. The second-order valence-electron chi connectivity index (χ2n) is 4.78. The molecule has 3 nitrogen and oxygen atoms in total. The fourth-order valence-corrected chi connectivity index (χ4v) is 3.66. The summed E-state index contributed by atoms with van der Waals surface area (Å²) in [5, 5.41) is 9.38. The molecule has 0 spiro atoms. The van der Waals surface area contributed by atoms with Gasteiger partial charge >= 0.3 is 5.97 Å². The molecule has 0 aromatic carbocycles. The van der Waals surface area contributed by atoms with Crippen LogP contribution >= 0.6 is 11.8 Å². The fraction of sp³-hybridized carbons (Fsp3) is 0.909. The second kappa shape index (κ2) is 4.34. The first kappa shape index (κ1) is 11.3. The third kappa shape index (κ3) is 2.88.